The van der Waals surface area contributed by atoms with Crippen LogP contribution in [0.4, 0.5) is 0 Å². The number of aromatic amines is 1. The van der Waals surface area contributed by atoms with Gasteiger partial charge in [-0.1, -0.05) is 49.9 Å². The van der Waals surface area contributed by atoms with Crippen molar-refractivity contribution in [1.29, 1.82) is 0 Å². The molecule has 0 aliphatic carbocycles. The summed E-state index contributed by atoms with van der Waals surface area (Å²) in [7, 11) is 0. The molecular weight excluding hydrogens is 270 g/mol. The third kappa shape index (κ3) is 3.48. The molecule has 0 fully saturated rings. The Kier molecular flexibility index (Phi) is 4.95. The van der Waals surface area contributed by atoms with Crippen LogP contribution >= 0.6 is 11.8 Å². The van der Waals surface area contributed by atoms with Gasteiger partial charge in [-0.25, -0.2) is 4.98 Å². The zero-order chi connectivity index (χ0) is 14.5. The van der Waals surface area contributed by atoms with E-state index in [-0.39, 0.29) is 11.0 Å². The summed E-state index contributed by atoms with van der Waals surface area (Å²) < 4.78 is 0. The van der Waals surface area contributed by atoms with Crippen molar-refractivity contribution in [1.82, 2.24) is 15.2 Å². The zero-order valence-corrected chi connectivity index (χ0v) is 12.8. The van der Waals surface area contributed by atoms with E-state index in [1.807, 2.05) is 26.0 Å². The van der Waals surface area contributed by atoms with Crippen LogP contribution in [0.2, 0.25) is 0 Å². The molecule has 106 valence electrons. The van der Waals surface area contributed by atoms with Gasteiger partial charge in [0.05, 0.1) is 5.25 Å². The number of nitrogens with one attached hydrogen (secondary N) is 1. The number of ketones is 1. The smallest absolute Gasteiger partial charge is 0.209 e. The van der Waals surface area contributed by atoms with Crippen molar-refractivity contribution in [2.45, 2.75) is 44.0 Å². The molecule has 0 bridgehead atoms. The average molecular weight is 289 g/mol. The van der Waals surface area contributed by atoms with Crippen molar-refractivity contribution in [2.24, 2.45) is 0 Å². The summed E-state index contributed by atoms with van der Waals surface area (Å²) in [5.41, 5.74) is 2.31. The molecule has 1 heterocycles. The summed E-state index contributed by atoms with van der Waals surface area (Å²) in [5.74, 6) is 0.958. The number of H-pyrrole nitrogens is 1. The lowest BCUT2D eigenvalue weighted by Crippen LogP contribution is -2.11. The van der Waals surface area contributed by atoms with Crippen LogP contribution in [0.1, 0.15) is 32.8 Å². The Labute approximate surface area is 123 Å². The predicted octanol–water partition coefficient (Wildman–Crippen LogP) is 3.49. The molecule has 0 aliphatic rings. The summed E-state index contributed by atoms with van der Waals surface area (Å²) in [4.78, 5) is 16.0. The van der Waals surface area contributed by atoms with Gasteiger partial charge in [-0.3, -0.25) is 9.89 Å². The number of hydrogen-bond donors (Lipinski definition) is 1. The van der Waals surface area contributed by atoms with Crippen molar-refractivity contribution in [3.05, 3.63) is 29.8 Å². The van der Waals surface area contributed by atoms with Gasteiger partial charge < -0.3 is 0 Å². The Balaban J connectivity index is 2.09. The lowest BCUT2D eigenvalue weighted by atomic mass is 10.1. The van der Waals surface area contributed by atoms with Crippen LogP contribution in [-0.2, 0) is 11.2 Å². The first-order valence-electron chi connectivity index (χ1n) is 6.85. The van der Waals surface area contributed by atoms with Crippen molar-refractivity contribution < 1.29 is 4.79 Å². The van der Waals surface area contributed by atoms with Crippen LogP contribution in [0.15, 0.2) is 29.4 Å². The van der Waals surface area contributed by atoms with Crippen LogP contribution in [0.25, 0.3) is 11.4 Å². The van der Waals surface area contributed by atoms with E-state index >= 15 is 0 Å². The van der Waals surface area contributed by atoms with Crippen molar-refractivity contribution in [3.63, 3.8) is 0 Å². The summed E-state index contributed by atoms with van der Waals surface area (Å²) in [6.07, 6.45) is 1.57. The van der Waals surface area contributed by atoms with Gasteiger partial charge >= 0.3 is 0 Å². The number of aromatic nitrogens is 3. The van der Waals surface area contributed by atoms with E-state index in [9.17, 15) is 4.79 Å². The Bertz CT molecular complexity index is 577. The first-order valence-corrected chi connectivity index (χ1v) is 7.73. The molecule has 2 rings (SSSR count). The summed E-state index contributed by atoms with van der Waals surface area (Å²) in [6.45, 7) is 5.89. The largest absolute Gasteiger partial charge is 0.298 e. The van der Waals surface area contributed by atoms with E-state index in [0.717, 1.165) is 17.8 Å². The highest BCUT2D eigenvalue weighted by molar-refractivity contribution is 8.00. The van der Waals surface area contributed by atoms with Gasteiger partial charge in [0.25, 0.3) is 0 Å². The second kappa shape index (κ2) is 6.70. The second-order valence-corrected chi connectivity index (χ2v) is 5.90. The molecule has 1 aromatic heterocycles. The number of carbonyl (C=O) groups excluding carboxylic acids is 1. The lowest BCUT2D eigenvalue weighted by Gasteiger charge is -2.04. The Hall–Kier alpha value is -1.62. The summed E-state index contributed by atoms with van der Waals surface area (Å²) in [5, 5.41) is 7.61. The number of benzene rings is 1. The molecule has 2 aromatic rings. The van der Waals surface area contributed by atoms with Crippen molar-refractivity contribution >= 4 is 17.5 Å². The molecule has 0 radical (unpaired) electrons. The first kappa shape index (κ1) is 14.8. The maximum absolute atomic E-state index is 11.6. The SMILES string of the molecule is CCC(=O)[C@H](C)Sc1n[nH]c(-c2ccc(CC)cc2)n1. The quantitative estimate of drug-likeness (QED) is 0.827. The maximum atomic E-state index is 11.6. The van der Waals surface area contributed by atoms with Gasteiger partial charge in [-0.2, -0.15) is 0 Å². The minimum Gasteiger partial charge on any atom is -0.298 e. The lowest BCUT2D eigenvalue weighted by molar-refractivity contribution is -0.118. The maximum Gasteiger partial charge on any atom is 0.209 e. The monoisotopic (exact) mass is 289 g/mol. The molecule has 20 heavy (non-hydrogen) atoms. The van der Waals surface area contributed by atoms with Gasteiger partial charge in [0.2, 0.25) is 5.16 Å². The number of thioether (sulfide) groups is 1. The summed E-state index contributed by atoms with van der Waals surface area (Å²) in [6, 6.07) is 8.25. The van der Waals surface area contributed by atoms with E-state index in [0.29, 0.717) is 11.6 Å². The van der Waals surface area contributed by atoms with Gasteiger partial charge in [0.1, 0.15) is 5.78 Å². The third-order valence-electron chi connectivity index (χ3n) is 3.18. The minimum absolute atomic E-state index is 0.105. The number of carbonyl (C=O) groups is 1. The number of hydrogen-bond acceptors (Lipinski definition) is 4. The standard InChI is InChI=1S/C15H19N3OS/c1-4-11-6-8-12(9-7-11)14-16-15(18-17-14)20-10(3)13(19)5-2/h6-10H,4-5H2,1-3H3,(H,16,17,18)/t10-/m0/s1. The molecule has 0 unspecified atom stereocenters. The molecule has 1 aromatic carbocycles. The van der Waals surface area contributed by atoms with E-state index in [2.05, 4.69) is 34.2 Å². The zero-order valence-electron chi connectivity index (χ0n) is 12.0. The second-order valence-electron chi connectivity index (χ2n) is 4.60. The van der Waals surface area contributed by atoms with Crippen LogP contribution < -0.4 is 0 Å². The predicted molar refractivity (Wildman–Crippen MR) is 81.8 cm³/mol. The number of Topliss-reactive ketones (excluding diaryl/α,β-unsaturated/α-hetero) is 1. The Morgan fingerprint density at radius 2 is 2.00 bits per heavy atom. The van der Waals surface area contributed by atoms with E-state index in [1.54, 1.807) is 0 Å². The first-order chi connectivity index (χ1) is 9.63. The normalized spacial score (nSPS) is 12.3. The van der Waals surface area contributed by atoms with Crippen LogP contribution in [0, 0.1) is 0 Å². The molecule has 0 amide bonds. The molecule has 5 heteroatoms. The highest BCUT2D eigenvalue weighted by Crippen LogP contribution is 2.23. The van der Waals surface area contributed by atoms with E-state index in [4.69, 9.17) is 0 Å². The van der Waals surface area contributed by atoms with Gasteiger partial charge in [-0.05, 0) is 18.9 Å². The van der Waals surface area contributed by atoms with Gasteiger partial charge in [-0.15, -0.1) is 5.10 Å². The Morgan fingerprint density at radius 1 is 1.30 bits per heavy atom. The molecule has 0 aliphatic heterocycles. The van der Waals surface area contributed by atoms with Crippen molar-refractivity contribution in [3.8, 4) is 11.4 Å². The molecule has 0 saturated carbocycles. The van der Waals surface area contributed by atoms with Crippen LogP contribution in [0.3, 0.4) is 0 Å². The fourth-order valence-electron chi connectivity index (χ4n) is 1.84. The third-order valence-corrected chi connectivity index (χ3v) is 4.19. The topological polar surface area (TPSA) is 58.6 Å². The van der Waals surface area contributed by atoms with E-state index < -0.39 is 0 Å². The summed E-state index contributed by atoms with van der Waals surface area (Å²) >= 11 is 1.40. The number of nitrogens with zero attached hydrogens (tertiary/aromatic N) is 2. The molecule has 0 saturated heterocycles. The number of rotatable bonds is 6. The van der Waals surface area contributed by atoms with Gasteiger partial charge in [0, 0.05) is 12.0 Å². The highest BCUT2D eigenvalue weighted by atomic mass is 32.2. The molecule has 0 spiro atoms. The highest BCUT2D eigenvalue weighted by Gasteiger charge is 2.15. The van der Waals surface area contributed by atoms with Crippen molar-refractivity contribution in [2.75, 3.05) is 0 Å². The molecule has 1 N–H and O–H groups in total. The fraction of sp³-hybridized carbons (Fsp3) is 0.400. The van der Waals surface area contributed by atoms with Gasteiger partial charge in [0.15, 0.2) is 5.82 Å². The fourth-order valence-corrected chi connectivity index (χ4v) is 2.69. The minimum atomic E-state index is -0.105. The molecule has 1 atom stereocenters. The molecular formula is C15H19N3OS. The van der Waals surface area contributed by atoms with Crippen LogP contribution in [0.5, 0.6) is 0 Å². The average Bonchev–Trinajstić information content (AvgIpc) is 2.94. The van der Waals surface area contributed by atoms with E-state index in [1.165, 1.54) is 17.3 Å². The number of aryl methyl sites for hydroxylation is 1. The Morgan fingerprint density at radius 3 is 2.60 bits per heavy atom. The van der Waals surface area contributed by atoms with Crippen LogP contribution in [-0.4, -0.2) is 26.2 Å². The molecule has 4 nitrogen and oxygen atoms in total.